The van der Waals surface area contributed by atoms with Gasteiger partial charge in [0, 0.05) is 24.1 Å². The highest BCUT2D eigenvalue weighted by atomic mass is 16.5. The number of rotatable bonds is 11. The van der Waals surface area contributed by atoms with Gasteiger partial charge in [0.1, 0.15) is 5.60 Å². The summed E-state index contributed by atoms with van der Waals surface area (Å²) < 4.78 is 7.16. The molecule has 11 nitrogen and oxygen atoms in total. The van der Waals surface area contributed by atoms with Gasteiger partial charge in [-0.1, -0.05) is 57.9 Å². The van der Waals surface area contributed by atoms with Crippen molar-refractivity contribution >= 4 is 5.78 Å². The molecule has 0 radical (unpaired) electrons. The summed E-state index contributed by atoms with van der Waals surface area (Å²) in [4.78, 5) is 15.4. The summed E-state index contributed by atoms with van der Waals surface area (Å²) in [6.45, 7) is 5.98. The number of nitrogens with two attached hydrogens (primary N) is 1. The van der Waals surface area contributed by atoms with Crippen LogP contribution in [0.3, 0.4) is 0 Å². The topological polar surface area (TPSA) is 198 Å². The van der Waals surface area contributed by atoms with Crippen LogP contribution in [0.5, 0.6) is 0 Å². The van der Waals surface area contributed by atoms with Crippen LogP contribution in [-0.4, -0.2) is 96.5 Å². The molecule has 9 aliphatic rings. The molecule has 7 fully saturated rings. The Morgan fingerprint density at radius 2 is 1.71 bits per heavy atom. The Morgan fingerprint density at radius 3 is 2.44 bits per heavy atom. The number of carbonyl (C=O) groups excluding carboxylic acids is 1. The Bertz CT molecular complexity index is 1760. The molecule has 0 aromatic carbocycles. The first-order chi connectivity index (χ1) is 29.6. The van der Waals surface area contributed by atoms with Gasteiger partial charge in [-0.3, -0.25) is 4.79 Å². The van der Waals surface area contributed by atoms with Gasteiger partial charge in [0.05, 0.1) is 53.6 Å². The summed E-state index contributed by atoms with van der Waals surface area (Å²) in [5.74, 6) is -0.144. The highest BCUT2D eigenvalue weighted by Crippen LogP contribution is 2.74. The number of hydrogen-bond acceptors (Lipinski definition) is 11. The van der Waals surface area contributed by atoms with E-state index in [2.05, 4.69) is 17.6 Å². The zero-order valence-electron chi connectivity index (χ0n) is 38.1. The maximum absolute atomic E-state index is 15.4. The summed E-state index contributed by atoms with van der Waals surface area (Å²) >= 11 is 0. The third-order valence-corrected chi connectivity index (χ3v) is 19.6. The highest BCUT2D eigenvalue weighted by molar-refractivity contribution is 6.00. The van der Waals surface area contributed by atoms with Crippen LogP contribution in [0.25, 0.3) is 0 Å². The largest absolute Gasteiger partial charge is 0.392 e. The molecule has 0 amide bonds. The van der Waals surface area contributed by atoms with Gasteiger partial charge in [-0.05, 0) is 168 Å². The normalized spacial score (nSPS) is 47.2. The van der Waals surface area contributed by atoms with Crippen LogP contribution >= 0.6 is 0 Å². The number of ether oxygens (including phenoxy) is 1. The Labute approximate surface area is 370 Å². The van der Waals surface area contributed by atoms with Crippen molar-refractivity contribution < 1.29 is 40.2 Å². The monoisotopic (exact) mass is 864 g/mol. The van der Waals surface area contributed by atoms with E-state index in [0.717, 1.165) is 75.7 Å². The van der Waals surface area contributed by atoms with Crippen LogP contribution < -0.4 is 16.4 Å². The second-order valence-corrected chi connectivity index (χ2v) is 22.6. The number of nitrogens with one attached hydrogen (secondary N) is 2. The van der Waals surface area contributed by atoms with Gasteiger partial charge in [-0.15, -0.1) is 0 Å². The summed E-state index contributed by atoms with van der Waals surface area (Å²) in [6.07, 6.45) is 20.2. The predicted molar refractivity (Wildman–Crippen MR) is 238 cm³/mol. The number of hydrogen-bond donors (Lipinski definition) is 9. The molecule has 6 saturated carbocycles. The Hall–Kier alpha value is -1.83. The van der Waals surface area contributed by atoms with Gasteiger partial charge >= 0.3 is 0 Å². The number of dihydropyridines is 1. The van der Waals surface area contributed by atoms with Crippen molar-refractivity contribution in [1.82, 2.24) is 10.6 Å². The lowest BCUT2D eigenvalue weighted by atomic mass is 9.41. The molecular formula is C51H81N3O8. The van der Waals surface area contributed by atoms with Gasteiger partial charge in [0.2, 0.25) is 0 Å². The van der Waals surface area contributed by atoms with E-state index in [1.54, 1.807) is 6.92 Å². The number of carbonyl (C=O) groups is 1. The molecule has 1 saturated heterocycles. The quantitative estimate of drug-likeness (QED) is 0.122. The lowest BCUT2D eigenvalue weighted by Gasteiger charge is -2.65. The average molecular weight is 864 g/mol. The fourth-order valence-corrected chi connectivity index (χ4v) is 16.9. The van der Waals surface area contributed by atoms with Gasteiger partial charge in [-0.2, -0.15) is 0 Å². The molecule has 17 unspecified atom stereocenters. The van der Waals surface area contributed by atoms with Crippen molar-refractivity contribution in [3.63, 3.8) is 0 Å². The van der Waals surface area contributed by atoms with E-state index < -0.39 is 63.9 Å². The number of fused-ring (bicyclic) bond motifs is 8. The lowest BCUT2D eigenvalue weighted by molar-refractivity contribution is -0.261. The molecule has 11 heteroatoms. The van der Waals surface area contributed by atoms with Crippen molar-refractivity contribution in [1.29, 1.82) is 0 Å². The van der Waals surface area contributed by atoms with E-state index in [-0.39, 0.29) is 55.2 Å². The van der Waals surface area contributed by atoms with E-state index in [4.69, 9.17) is 10.5 Å². The van der Waals surface area contributed by atoms with E-state index >= 15 is 4.79 Å². The molecular weight excluding hydrogens is 783 g/mol. The predicted octanol–water partition coefficient (Wildman–Crippen LogP) is 5.79. The lowest BCUT2D eigenvalue weighted by Crippen LogP contribution is -2.70. The summed E-state index contributed by atoms with van der Waals surface area (Å²) in [5, 5.41) is 81.7. The number of aliphatic hydroxyl groups is 6. The van der Waals surface area contributed by atoms with Crippen LogP contribution in [0, 0.1) is 52.3 Å². The SMILES string of the molecule is CCCC1CCC2OC3C(CCCCC3(O)C(C)(O)C3CCC4(O)C5=C(NCC(C)O)C(=O)C6CC(O)C(O)CC6(CCC6=CNC(N)C=C6)C5CCC34C3CCCC3)C2CC1. The maximum Gasteiger partial charge on any atom is 0.182 e. The van der Waals surface area contributed by atoms with Gasteiger partial charge in [-0.25, -0.2) is 0 Å². The van der Waals surface area contributed by atoms with Crippen molar-refractivity contribution in [2.75, 3.05) is 6.54 Å². The standard InChI is InChI=1S/C51H81N3O8/c1-4-9-31-13-16-34-35-12-7-8-22-51(61,46(35)62-40(34)17-14-31)47(3,59)41-21-25-50(60)43-36(20-24-49(41,50)33-10-5-6-11-33)48(23-19-32-15-18-42(52)53-29-32)27-39(57)38(56)26-37(48)45(58)44(43)54-28-30(2)55/h15,18,29-31,33-42,46,53-57,59-61H,4-14,16-17,19-28,52H2,1-3H3. The second-order valence-electron chi connectivity index (χ2n) is 22.6. The molecule has 17 atom stereocenters. The molecule has 7 aliphatic carbocycles. The van der Waals surface area contributed by atoms with Gasteiger partial charge in [0.25, 0.3) is 0 Å². The number of ketones is 1. The van der Waals surface area contributed by atoms with E-state index in [0.29, 0.717) is 62.1 Å². The maximum atomic E-state index is 15.4. The van der Waals surface area contributed by atoms with Crippen molar-refractivity contribution in [2.24, 2.45) is 58.0 Å². The molecule has 348 valence electrons. The van der Waals surface area contributed by atoms with Crippen molar-refractivity contribution in [3.05, 3.63) is 35.2 Å². The average Bonchev–Trinajstić information content (AvgIpc) is 3.92. The number of allylic oxidation sites excluding steroid dienone is 3. The fraction of sp³-hybridized carbons (Fsp3) is 0.863. The van der Waals surface area contributed by atoms with Crippen molar-refractivity contribution in [3.8, 4) is 0 Å². The van der Waals surface area contributed by atoms with E-state index in [9.17, 15) is 30.6 Å². The minimum absolute atomic E-state index is 0.0737. The molecule has 9 rings (SSSR count). The Balaban J connectivity index is 1.14. The molecule has 0 spiro atoms. The first-order valence-corrected chi connectivity index (χ1v) is 25.4. The van der Waals surface area contributed by atoms with Gasteiger partial charge in [0.15, 0.2) is 5.78 Å². The molecule has 0 bridgehead atoms. The van der Waals surface area contributed by atoms with E-state index in [1.165, 1.54) is 19.3 Å². The molecule has 62 heavy (non-hydrogen) atoms. The van der Waals surface area contributed by atoms with E-state index in [1.807, 2.05) is 25.3 Å². The third-order valence-electron chi connectivity index (χ3n) is 19.6. The molecule has 10 N–H and O–H groups in total. The first-order valence-electron chi connectivity index (χ1n) is 25.4. The Morgan fingerprint density at radius 1 is 0.952 bits per heavy atom. The molecule has 2 heterocycles. The number of Topliss-reactive ketones (excluding diaryl/α,β-unsaturated/α-hetero) is 1. The second kappa shape index (κ2) is 17.1. The van der Waals surface area contributed by atoms with Crippen LogP contribution in [-0.2, 0) is 9.53 Å². The minimum Gasteiger partial charge on any atom is -0.392 e. The third kappa shape index (κ3) is 7.05. The highest BCUT2D eigenvalue weighted by Gasteiger charge is 2.76. The fourth-order valence-electron chi connectivity index (χ4n) is 16.9. The van der Waals surface area contributed by atoms with Crippen LogP contribution in [0.1, 0.15) is 162 Å². The molecule has 0 aromatic heterocycles. The number of aliphatic hydroxyl groups excluding tert-OH is 3. The van der Waals surface area contributed by atoms with Gasteiger partial charge < -0.3 is 51.7 Å². The van der Waals surface area contributed by atoms with Crippen LogP contribution in [0.15, 0.2) is 35.2 Å². The minimum atomic E-state index is -1.60. The summed E-state index contributed by atoms with van der Waals surface area (Å²) in [5.41, 5.74) is 2.02. The zero-order valence-corrected chi connectivity index (χ0v) is 38.1. The van der Waals surface area contributed by atoms with Crippen molar-refractivity contribution in [2.45, 2.75) is 216 Å². The molecule has 2 aliphatic heterocycles. The first kappa shape index (κ1) is 45.3. The molecule has 0 aromatic rings. The van der Waals surface area contributed by atoms with Crippen LogP contribution in [0.4, 0.5) is 0 Å². The summed E-state index contributed by atoms with van der Waals surface area (Å²) in [6, 6.07) is 0. The summed E-state index contributed by atoms with van der Waals surface area (Å²) in [7, 11) is 0. The zero-order chi connectivity index (χ0) is 43.8. The smallest absolute Gasteiger partial charge is 0.182 e. The Kier molecular flexibility index (Phi) is 12.5. The van der Waals surface area contributed by atoms with Crippen LogP contribution in [0.2, 0.25) is 0 Å².